The summed E-state index contributed by atoms with van der Waals surface area (Å²) < 4.78 is 38.8. The summed E-state index contributed by atoms with van der Waals surface area (Å²) in [6, 6.07) is 3.21. The van der Waals surface area contributed by atoms with Crippen LogP contribution in [-0.4, -0.2) is 12.7 Å². The Bertz CT molecular complexity index is 298. The number of hydrogen-bond donors (Lipinski definition) is 1. The van der Waals surface area contributed by atoms with E-state index in [1.54, 1.807) is 17.5 Å². The van der Waals surface area contributed by atoms with Crippen molar-refractivity contribution in [3.63, 3.8) is 0 Å². The lowest BCUT2D eigenvalue weighted by atomic mass is 9.95. The van der Waals surface area contributed by atoms with E-state index >= 15 is 0 Å². The molecular formula is C9H10F3NS. The number of nitrogens with one attached hydrogen (secondary N) is 1. The Labute approximate surface area is 83.9 Å². The summed E-state index contributed by atoms with van der Waals surface area (Å²) in [5.41, 5.74) is -1.78. The van der Waals surface area contributed by atoms with Crippen molar-refractivity contribution in [2.45, 2.75) is 24.6 Å². The standard InChI is InChI=1S/C9H10F3NS/c10-9(11,12)8(4-2-5-13-8)7-3-1-6-14-7/h1,3,6,13H,2,4-5H2. The summed E-state index contributed by atoms with van der Waals surface area (Å²) in [7, 11) is 0. The topological polar surface area (TPSA) is 12.0 Å². The van der Waals surface area contributed by atoms with E-state index in [0.717, 1.165) is 11.3 Å². The van der Waals surface area contributed by atoms with Gasteiger partial charge in [-0.05, 0) is 30.8 Å². The summed E-state index contributed by atoms with van der Waals surface area (Å²) in [5, 5.41) is 4.28. The average molecular weight is 221 g/mol. The van der Waals surface area contributed by atoms with Gasteiger partial charge in [-0.15, -0.1) is 11.3 Å². The van der Waals surface area contributed by atoms with E-state index in [-0.39, 0.29) is 6.42 Å². The quantitative estimate of drug-likeness (QED) is 0.768. The molecule has 1 aliphatic heterocycles. The summed E-state index contributed by atoms with van der Waals surface area (Å²) in [6.45, 7) is 0.442. The van der Waals surface area contributed by atoms with Crippen LogP contribution in [0.2, 0.25) is 0 Å². The normalized spacial score (nSPS) is 28.2. The monoisotopic (exact) mass is 221 g/mol. The molecule has 0 bridgehead atoms. The fourth-order valence-corrected chi connectivity index (χ4v) is 2.81. The van der Waals surface area contributed by atoms with Gasteiger partial charge in [0.05, 0.1) is 0 Å². The minimum Gasteiger partial charge on any atom is -0.299 e. The lowest BCUT2D eigenvalue weighted by Gasteiger charge is -2.30. The first-order valence-corrected chi connectivity index (χ1v) is 5.30. The van der Waals surface area contributed by atoms with Crippen molar-refractivity contribution in [1.82, 2.24) is 5.32 Å². The van der Waals surface area contributed by atoms with E-state index < -0.39 is 11.7 Å². The Morgan fingerprint density at radius 3 is 2.64 bits per heavy atom. The molecule has 1 unspecified atom stereocenters. The van der Waals surface area contributed by atoms with Gasteiger partial charge in [0.15, 0.2) is 0 Å². The first-order chi connectivity index (χ1) is 6.56. The minimum absolute atomic E-state index is 0.150. The van der Waals surface area contributed by atoms with E-state index in [2.05, 4.69) is 5.32 Å². The van der Waals surface area contributed by atoms with Gasteiger partial charge >= 0.3 is 6.18 Å². The van der Waals surface area contributed by atoms with Gasteiger partial charge in [-0.2, -0.15) is 13.2 Å². The van der Waals surface area contributed by atoms with Gasteiger partial charge in [0.25, 0.3) is 0 Å². The van der Waals surface area contributed by atoms with E-state index in [1.807, 2.05) is 0 Å². The second-order valence-corrected chi connectivity index (χ2v) is 4.36. The van der Waals surface area contributed by atoms with Crippen LogP contribution in [0, 0.1) is 0 Å². The van der Waals surface area contributed by atoms with Gasteiger partial charge in [-0.25, -0.2) is 0 Å². The van der Waals surface area contributed by atoms with Crippen LogP contribution in [0.1, 0.15) is 17.7 Å². The van der Waals surface area contributed by atoms with Crippen LogP contribution < -0.4 is 5.32 Å². The molecule has 1 N–H and O–H groups in total. The molecule has 0 aliphatic carbocycles. The van der Waals surface area contributed by atoms with E-state index in [9.17, 15) is 13.2 Å². The zero-order valence-corrected chi connectivity index (χ0v) is 8.21. The molecule has 1 saturated heterocycles. The van der Waals surface area contributed by atoms with Crippen molar-refractivity contribution < 1.29 is 13.2 Å². The SMILES string of the molecule is FC(F)(F)C1(c2cccs2)CCCN1. The van der Waals surface area contributed by atoms with Crippen molar-refractivity contribution in [1.29, 1.82) is 0 Å². The van der Waals surface area contributed by atoms with E-state index in [1.165, 1.54) is 0 Å². The van der Waals surface area contributed by atoms with Crippen LogP contribution in [0.4, 0.5) is 13.2 Å². The highest BCUT2D eigenvalue weighted by Gasteiger charge is 2.57. The molecule has 0 spiro atoms. The summed E-state index contributed by atoms with van der Waals surface area (Å²) in [4.78, 5) is 0.377. The second kappa shape index (κ2) is 3.24. The maximum absolute atomic E-state index is 12.9. The number of hydrogen-bond acceptors (Lipinski definition) is 2. The van der Waals surface area contributed by atoms with Gasteiger partial charge in [0, 0.05) is 4.88 Å². The molecule has 1 atom stereocenters. The lowest BCUT2D eigenvalue weighted by molar-refractivity contribution is -0.195. The van der Waals surface area contributed by atoms with Crippen molar-refractivity contribution in [2.24, 2.45) is 0 Å². The van der Waals surface area contributed by atoms with Crippen molar-refractivity contribution in [3.8, 4) is 0 Å². The fraction of sp³-hybridized carbons (Fsp3) is 0.556. The number of thiophene rings is 1. The predicted molar refractivity (Wildman–Crippen MR) is 49.3 cm³/mol. The molecule has 1 aromatic rings. The van der Waals surface area contributed by atoms with Crippen LogP contribution in [-0.2, 0) is 5.54 Å². The molecule has 1 nitrogen and oxygen atoms in total. The van der Waals surface area contributed by atoms with Crippen LogP contribution in [0.15, 0.2) is 17.5 Å². The molecule has 5 heteroatoms. The van der Waals surface area contributed by atoms with Gasteiger partial charge in [-0.3, -0.25) is 5.32 Å². The van der Waals surface area contributed by atoms with Crippen LogP contribution in [0.3, 0.4) is 0 Å². The predicted octanol–water partition coefficient (Wildman–Crippen LogP) is 2.89. The van der Waals surface area contributed by atoms with Gasteiger partial charge < -0.3 is 0 Å². The molecule has 1 fully saturated rings. The maximum atomic E-state index is 12.9. The molecule has 1 aromatic heterocycles. The van der Waals surface area contributed by atoms with Gasteiger partial charge in [0.2, 0.25) is 0 Å². The maximum Gasteiger partial charge on any atom is 0.411 e. The van der Waals surface area contributed by atoms with E-state index in [4.69, 9.17) is 0 Å². The number of rotatable bonds is 1. The Kier molecular flexibility index (Phi) is 2.31. The number of alkyl halides is 3. The largest absolute Gasteiger partial charge is 0.411 e. The Morgan fingerprint density at radius 1 is 1.43 bits per heavy atom. The molecule has 0 aromatic carbocycles. The summed E-state index contributed by atoms with van der Waals surface area (Å²) >= 11 is 1.16. The van der Waals surface area contributed by atoms with Crippen LogP contribution in [0.5, 0.6) is 0 Å². The summed E-state index contributed by atoms with van der Waals surface area (Å²) in [5.74, 6) is 0. The van der Waals surface area contributed by atoms with Crippen molar-refractivity contribution in [2.75, 3.05) is 6.54 Å². The van der Waals surface area contributed by atoms with Crippen molar-refractivity contribution in [3.05, 3.63) is 22.4 Å². The lowest BCUT2D eigenvalue weighted by Crippen LogP contribution is -2.49. The molecule has 0 amide bonds. The molecule has 0 saturated carbocycles. The third-order valence-electron chi connectivity index (χ3n) is 2.58. The highest BCUT2D eigenvalue weighted by Crippen LogP contribution is 2.46. The minimum atomic E-state index is -4.20. The zero-order valence-electron chi connectivity index (χ0n) is 7.40. The number of halogens is 3. The van der Waals surface area contributed by atoms with Crippen LogP contribution in [0.25, 0.3) is 0 Å². The average Bonchev–Trinajstić information content (AvgIpc) is 2.74. The molecule has 14 heavy (non-hydrogen) atoms. The third-order valence-corrected chi connectivity index (χ3v) is 3.61. The molecule has 78 valence electrons. The van der Waals surface area contributed by atoms with Gasteiger partial charge in [0.1, 0.15) is 5.54 Å². The highest BCUT2D eigenvalue weighted by molar-refractivity contribution is 7.10. The Balaban J connectivity index is 2.42. The molecule has 2 heterocycles. The fourth-order valence-electron chi connectivity index (χ4n) is 1.86. The van der Waals surface area contributed by atoms with Crippen molar-refractivity contribution >= 4 is 11.3 Å². The van der Waals surface area contributed by atoms with Crippen LogP contribution >= 0.6 is 11.3 Å². The molecule has 0 radical (unpaired) electrons. The van der Waals surface area contributed by atoms with E-state index in [0.29, 0.717) is 17.8 Å². The summed E-state index contributed by atoms with van der Waals surface area (Å²) in [6.07, 6.45) is -3.47. The first-order valence-electron chi connectivity index (χ1n) is 4.42. The smallest absolute Gasteiger partial charge is 0.299 e. The van der Waals surface area contributed by atoms with Gasteiger partial charge in [-0.1, -0.05) is 6.07 Å². The highest BCUT2D eigenvalue weighted by atomic mass is 32.1. The third kappa shape index (κ3) is 1.35. The zero-order chi connectivity index (χ0) is 10.2. The molecule has 2 rings (SSSR count). The molecule has 1 aliphatic rings. The second-order valence-electron chi connectivity index (χ2n) is 3.41. The molecular weight excluding hydrogens is 211 g/mol. The first kappa shape index (κ1) is 9.98. The Morgan fingerprint density at radius 2 is 2.21 bits per heavy atom. The Hall–Kier alpha value is -0.550.